The molecular weight excluding hydrogens is 336 g/mol. The number of esters is 1. The molecule has 0 fully saturated rings. The highest BCUT2D eigenvalue weighted by Gasteiger charge is 2.26. The number of hydrogen-bond acceptors (Lipinski definition) is 5. The highest BCUT2D eigenvalue weighted by Crippen LogP contribution is 2.39. The Balaban J connectivity index is 2.42. The van der Waals surface area contributed by atoms with Gasteiger partial charge in [0.1, 0.15) is 5.76 Å². The van der Waals surface area contributed by atoms with Crippen molar-refractivity contribution < 1.29 is 13.9 Å². The Morgan fingerprint density at radius 3 is 2.04 bits per heavy atom. The summed E-state index contributed by atoms with van der Waals surface area (Å²) in [4.78, 5) is 25.2. The van der Waals surface area contributed by atoms with E-state index in [1.165, 1.54) is 18.9 Å². The molecule has 3 rings (SSSR count). The highest BCUT2D eigenvalue weighted by molar-refractivity contribution is 7.98. The SMILES string of the molecule is COC(=O)c1c(SC)c(-c2ccccc2)c(-c2ccccc2)oc1=O. The fourth-order valence-corrected chi connectivity index (χ4v) is 3.44. The predicted octanol–water partition coefficient (Wildman–Crippen LogP) is 4.48. The lowest BCUT2D eigenvalue weighted by molar-refractivity contribution is 0.0591. The summed E-state index contributed by atoms with van der Waals surface area (Å²) in [6.07, 6.45) is 1.82. The number of thioether (sulfide) groups is 1. The Bertz CT molecular complexity index is 947. The molecule has 4 nitrogen and oxygen atoms in total. The lowest BCUT2D eigenvalue weighted by Gasteiger charge is -2.15. The van der Waals surface area contributed by atoms with Crippen LogP contribution in [0.25, 0.3) is 22.5 Å². The third-order valence-electron chi connectivity index (χ3n) is 3.77. The number of carbonyl (C=O) groups is 1. The quantitative estimate of drug-likeness (QED) is 0.512. The smallest absolute Gasteiger partial charge is 0.352 e. The van der Waals surface area contributed by atoms with E-state index in [2.05, 4.69) is 0 Å². The van der Waals surface area contributed by atoms with Gasteiger partial charge in [-0.15, -0.1) is 11.8 Å². The largest absolute Gasteiger partial charge is 0.465 e. The van der Waals surface area contributed by atoms with Crippen molar-refractivity contribution in [1.29, 1.82) is 0 Å². The van der Waals surface area contributed by atoms with E-state index in [9.17, 15) is 9.59 Å². The Morgan fingerprint density at radius 1 is 0.960 bits per heavy atom. The molecule has 0 aliphatic heterocycles. The van der Waals surface area contributed by atoms with E-state index in [1.807, 2.05) is 66.9 Å². The average Bonchev–Trinajstić information content (AvgIpc) is 2.67. The van der Waals surface area contributed by atoms with E-state index in [4.69, 9.17) is 9.15 Å². The first kappa shape index (κ1) is 17.0. The van der Waals surface area contributed by atoms with Gasteiger partial charge in [-0.05, 0) is 11.8 Å². The molecule has 1 heterocycles. The molecule has 0 saturated heterocycles. The van der Waals surface area contributed by atoms with Gasteiger partial charge in [-0.1, -0.05) is 60.7 Å². The Morgan fingerprint density at radius 2 is 1.52 bits per heavy atom. The number of ether oxygens (including phenoxy) is 1. The lowest BCUT2D eigenvalue weighted by Crippen LogP contribution is -2.18. The van der Waals surface area contributed by atoms with Gasteiger partial charge in [0.25, 0.3) is 0 Å². The van der Waals surface area contributed by atoms with Crippen LogP contribution < -0.4 is 5.63 Å². The number of benzene rings is 2. The van der Waals surface area contributed by atoms with Gasteiger partial charge in [-0.25, -0.2) is 9.59 Å². The van der Waals surface area contributed by atoms with Crippen molar-refractivity contribution in [1.82, 2.24) is 0 Å². The molecule has 0 aliphatic carbocycles. The van der Waals surface area contributed by atoms with E-state index in [1.54, 1.807) is 0 Å². The second-order valence-electron chi connectivity index (χ2n) is 5.23. The van der Waals surface area contributed by atoms with Crippen molar-refractivity contribution >= 4 is 17.7 Å². The number of carbonyl (C=O) groups excluding carboxylic acids is 1. The van der Waals surface area contributed by atoms with Crippen molar-refractivity contribution in [3.05, 3.63) is 76.6 Å². The third kappa shape index (κ3) is 3.23. The van der Waals surface area contributed by atoms with Gasteiger partial charge in [0, 0.05) is 16.0 Å². The zero-order valence-electron chi connectivity index (χ0n) is 13.8. The topological polar surface area (TPSA) is 56.5 Å². The van der Waals surface area contributed by atoms with Crippen LogP contribution >= 0.6 is 11.8 Å². The van der Waals surface area contributed by atoms with Crippen molar-refractivity contribution in [2.24, 2.45) is 0 Å². The summed E-state index contributed by atoms with van der Waals surface area (Å²) in [5.41, 5.74) is 1.56. The molecule has 0 radical (unpaired) electrons. The molecule has 25 heavy (non-hydrogen) atoms. The average molecular weight is 352 g/mol. The third-order valence-corrected chi connectivity index (χ3v) is 4.59. The Hall–Kier alpha value is -2.79. The van der Waals surface area contributed by atoms with Crippen LogP contribution in [0.2, 0.25) is 0 Å². The first-order valence-electron chi connectivity index (χ1n) is 7.61. The minimum atomic E-state index is -0.699. The van der Waals surface area contributed by atoms with Crippen molar-refractivity contribution in [3.8, 4) is 22.5 Å². The summed E-state index contributed by atoms with van der Waals surface area (Å²) < 4.78 is 10.4. The molecule has 2 aromatic carbocycles. The van der Waals surface area contributed by atoms with Gasteiger partial charge < -0.3 is 9.15 Å². The lowest BCUT2D eigenvalue weighted by atomic mass is 9.99. The second kappa shape index (κ2) is 7.40. The van der Waals surface area contributed by atoms with Crippen LogP contribution in [0, 0.1) is 0 Å². The van der Waals surface area contributed by atoms with Crippen molar-refractivity contribution in [3.63, 3.8) is 0 Å². The number of methoxy groups -OCH3 is 1. The van der Waals surface area contributed by atoms with E-state index >= 15 is 0 Å². The Kier molecular flexibility index (Phi) is 5.05. The van der Waals surface area contributed by atoms with Crippen molar-refractivity contribution in [2.45, 2.75) is 4.90 Å². The van der Waals surface area contributed by atoms with Crippen LogP contribution in [0.1, 0.15) is 10.4 Å². The summed E-state index contributed by atoms with van der Waals surface area (Å²) in [5, 5.41) is 0. The van der Waals surface area contributed by atoms with Crippen molar-refractivity contribution in [2.75, 3.05) is 13.4 Å². The maximum Gasteiger partial charge on any atom is 0.352 e. The van der Waals surface area contributed by atoms with Gasteiger partial charge >= 0.3 is 11.6 Å². The number of rotatable bonds is 4. The summed E-state index contributed by atoms with van der Waals surface area (Å²) >= 11 is 1.32. The maximum atomic E-state index is 12.5. The molecule has 0 bridgehead atoms. The van der Waals surface area contributed by atoms with Gasteiger partial charge in [0.05, 0.1) is 7.11 Å². The summed E-state index contributed by atoms with van der Waals surface area (Å²) in [6.45, 7) is 0. The standard InChI is InChI=1S/C20H16O4S/c1-23-19(21)16-18(25-2)15(13-9-5-3-6-10-13)17(24-20(16)22)14-11-7-4-8-12-14/h3-12H,1-2H3. The molecule has 0 spiro atoms. The van der Waals surface area contributed by atoms with E-state index in [0.717, 1.165) is 11.1 Å². The van der Waals surface area contributed by atoms with E-state index < -0.39 is 11.6 Å². The first-order valence-corrected chi connectivity index (χ1v) is 8.84. The zero-order chi connectivity index (χ0) is 17.8. The molecule has 0 aliphatic rings. The fraction of sp³-hybridized carbons (Fsp3) is 0.100. The van der Waals surface area contributed by atoms with E-state index in [-0.39, 0.29) is 5.56 Å². The molecule has 1 aromatic heterocycles. The first-order chi connectivity index (χ1) is 12.2. The summed E-state index contributed by atoms with van der Waals surface area (Å²) in [5.74, 6) is -0.260. The maximum absolute atomic E-state index is 12.5. The van der Waals surface area contributed by atoms with Crippen LogP contribution in [0.4, 0.5) is 0 Å². The molecule has 0 amide bonds. The fourth-order valence-electron chi connectivity index (χ4n) is 2.66. The monoisotopic (exact) mass is 352 g/mol. The molecule has 5 heteroatoms. The molecule has 126 valence electrons. The highest BCUT2D eigenvalue weighted by atomic mass is 32.2. The van der Waals surface area contributed by atoms with Gasteiger partial charge in [0.2, 0.25) is 0 Å². The molecule has 0 saturated carbocycles. The second-order valence-corrected chi connectivity index (χ2v) is 6.04. The van der Waals surface area contributed by atoms with Crippen LogP contribution in [0.15, 0.2) is 74.8 Å². The van der Waals surface area contributed by atoms with Crippen LogP contribution in [0.3, 0.4) is 0 Å². The molecular formula is C20H16O4S. The molecule has 0 N–H and O–H groups in total. The van der Waals surface area contributed by atoms with Gasteiger partial charge in [-0.2, -0.15) is 0 Å². The normalized spacial score (nSPS) is 10.5. The predicted molar refractivity (Wildman–Crippen MR) is 99.0 cm³/mol. The minimum absolute atomic E-state index is 0.0754. The Labute approximate surface area is 149 Å². The zero-order valence-corrected chi connectivity index (χ0v) is 14.6. The minimum Gasteiger partial charge on any atom is -0.465 e. The summed E-state index contributed by atoms with van der Waals surface area (Å²) in [6, 6.07) is 18.9. The van der Waals surface area contributed by atoms with Gasteiger partial charge in [0.15, 0.2) is 5.56 Å². The molecule has 3 aromatic rings. The van der Waals surface area contributed by atoms with E-state index in [0.29, 0.717) is 16.2 Å². The van der Waals surface area contributed by atoms with Crippen LogP contribution in [-0.4, -0.2) is 19.3 Å². The van der Waals surface area contributed by atoms with Crippen LogP contribution in [0.5, 0.6) is 0 Å². The number of hydrogen-bond donors (Lipinski definition) is 0. The molecule has 0 unspecified atom stereocenters. The summed E-state index contributed by atoms with van der Waals surface area (Å²) in [7, 11) is 1.25. The molecule has 0 atom stereocenters. The van der Waals surface area contributed by atoms with Crippen LogP contribution in [-0.2, 0) is 4.74 Å². The van der Waals surface area contributed by atoms with Gasteiger partial charge in [-0.3, -0.25) is 0 Å².